The zero-order valence-corrected chi connectivity index (χ0v) is 13.2. The Labute approximate surface area is 121 Å². The fraction of sp³-hybridized carbons (Fsp3) is 0.923. The maximum absolute atomic E-state index is 12.4. The van der Waals surface area contributed by atoms with Crippen molar-refractivity contribution in [2.45, 2.75) is 38.5 Å². The SMILES string of the molecule is CC1CN(C(=O)CN(C)C2CCS(=O)(=O)C2)C(C)CO1. The fourth-order valence-electron chi connectivity index (χ4n) is 2.81. The molecule has 2 aliphatic rings. The minimum Gasteiger partial charge on any atom is -0.375 e. The summed E-state index contributed by atoms with van der Waals surface area (Å²) in [6.45, 7) is 5.38. The molecule has 0 spiro atoms. The highest BCUT2D eigenvalue weighted by Gasteiger charge is 2.33. The molecule has 2 aliphatic heterocycles. The van der Waals surface area contributed by atoms with Crippen LogP contribution in [0.25, 0.3) is 0 Å². The second-order valence-corrected chi connectivity index (χ2v) is 8.24. The Morgan fingerprint density at radius 2 is 2.10 bits per heavy atom. The van der Waals surface area contributed by atoms with Crippen LogP contribution in [0.4, 0.5) is 0 Å². The molecule has 0 aromatic rings. The summed E-state index contributed by atoms with van der Waals surface area (Å²) in [7, 11) is -1.08. The van der Waals surface area contributed by atoms with E-state index < -0.39 is 9.84 Å². The maximum atomic E-state index is 12.4. The van der Waals surface area contributed by atoms with Crippen molar-refractivity contribution in [3.05, 3.63) is 0 Å². The van der Waals surface area contributed by atoms with E-state index in [4.69, 9.17) is 4.74 Å². The molecule has 2 rings (SSSR count). The Bertz CT molecular complexity index is 465. The molecule has 2 saturated heterocycles. The van der Waals surface area contributed by atoms with Crippen molar-refractivity contribution in [3.63, 3.8) is 0 Å². The van der Waals surface area contributed by atoms with Crippen LogP contribution in [0.2, 0.25) is 0 Å². The summed E-state index contributed by atoms with van der Waals surface area (Å²) in [5.41, 5.74) is 0. The molecule has 0 bridgehead atoms. The normalized spacial score (nSPS) is 33.6. The summed E-state index contributed by atoms with van der Waals surface area (Å²) in [5, 5.41) is 0. The van der Waals surface area contributed by atoms with E-state index >= 15 is 0 Å². The van der Waals surface area contributed by atoms with Gasteiger partial charge in [0.15, 0.2) is 9.84 Å². The Hall–Kier alpha value is -0.660. The highest BCUT2D eigenvalue weighted by Crippen LogP contribution is 2.17. The average molecular weight is 304 g/mol. The second kappa shape index (κ2) is 5.99. The van der Waals surface area contributed by atoms with Crippen LogP contribution in [0.5, 0.6) is 0 Å². The van der Waals surface area contributed by atoms with Crippen LogP contribution in [0.15, 0.2) is 0 Å². The van der Waals surface area contributed by atoms with E-state index in [1.165, 1.54) is 0 Å². The van der Waals surface area contributed by atoms with Crippen LogP contribution in [0.3, 0.4) is 0 Å². The fourth-order valence-corrected chi connectivity index (χ4v) is 4.61. The lowest BCUT2D eigenvalue weighted by Gasteiger charge is -2.38. The summed E-state index contributed by atoms with van der Waals surface area (Å²) in [6, 6.07) is 0.0529. The van der Waals surface area contributed by atoms with Crippen LogP contribution >= 0.6 is 0 Å². The van der Waals surface area contributed by atoms with Crippen molar-refractivity contribution >= 4 is 15.7 Å². The first-order valence-electron chi connectivity index (χ1n) is 7.10. The number of hydrogen-bond acceptors (Lipinski definition) is 5. The molecule has 20 heavy (non-hydrogen) atoms. The maximum Gasteiger partial charge on any atom is 0.237 e. The predicted molar refractivity (Wildman–Crippen MR) is 76.3 cm³/mol. The number of likely N-dealkylation sites (N-methyl/N-ethyl adjacent to an activating group) is 1. The Morgan fingerprint density at radius 3 is 2.70 bits per heavy atom. The number of amides is 1. The van der Waals surface area contributed by atoms with Crippen LogP contribution in [0.1, 0.15) is 20.3 Å². The molecule has 2 heterocycles. The lowest BCUT2D eigenvalue weighted by atomic mass is 10.2. The second-order valence-electron chi connectivity index (χ2n) is 6.01. The van der Waals surface area contributed by atoms with Gasteiger partial charge in [-0.2, -0.15) is 0 Å². The number of morpholine rings is 1. The van der Waals surface area contributed by atoms with E-state index in [0.29, 0.717) is 19.6 Å². The van der Waals surface area contributed by atoms with Crippen molar-refractivity contribution in [2.75, 3.05) is 38.2 Å². The van der Waals surface area contributed by atoms with Crippen LogP contribution in [-0.2, 0) is 19.4 Å². The van der Waals surface area contributed by atoms with E-state index in [-0.39, 0.29) is 42.1 Å². The van der Waals surface area contributed by atoms with Crippen molar-refractivity contribution in [2.24, 2.45) is 0 Å². The Kier molecular flexibility index (Phi) is 4.71. The van der Waals surface area contributed by atoms with Crippen molar-refractivity contribution in [3.8, 4) is 0 Å². The van der Waals surface area contributed by atoms with Gasteiger partial charge < -0.3 is 9.64 Å². The predicted octanol–water partition coefficient (Wildman–Crippen LogP) is -0.259. The number of rotatable bonds is 3. The molecule has 1 amide bonds. The lowest BCUT2D eigenvalue weighted by Crippen LogP contribution is -2.53. The van der Waals surface area contributed by atoms with Gasteiger partial charge >= 0.3 is 0 Å². The van der Waals surface area contributed by atoms with Crippen molar-refractivity contribution in [1.29, 1.82) is 0 Å². The van der Waals surface area contributed by atoms with Crippen molar-refractivity contribution < 1.29 is 17.9 Å². The third-order valence-corrected chi connectivity index (χ3v) is 5.89. The topological polar surface area (TPSA) is 66.9 Å². The molecule has 2 fully saturated rings. The van der Waals surface area contributed by atoms with Gasteiger partial charge in [-0.15, -0.1) is 0 Å². The number of sulfone groups is 1. The summed E-state index contributed by atoms with van der Waals surface area (Å²) in [6.07, 6.45) is 0.688. The minimum atomic E-state index is -2.91. The van der Waals surface area contributed by atoms with E-state index in [2.05, 4.69) is 0 Å². The first-order valence-corrected chi connectivity index (χ1v) is 8.92. The zero-order valence-electron chi connectivity index (χ0n) is 12.4. The monoisotopic (exact) mass is 304 g/mol. The molecule has 0 aromatic carbocycles. The van der Waals surface area contributed by atoms with E-state index in [9.17, 15) is 13.2 Å². The van der Waals surface area contributed by atoms with Crippen molar-refractivity contribution in [1.82, 2.24) is 9.80 Å². The number of carbonyl (C=O) groups excluding carboxylic acids is 1. The number of ether oxygens (including phenoxy) is 1. The zero-order chi connectivity index (χ0) is 14.9. The van der Waals surface area contributed by atoms with Crippen LogP contribution in [0, 0.1) is 0 Å². The smallest absolute Gasteiger partial charge is 0.237 e. The van der Waals surface area contributed by atoms with E-state index in [1.807, 2.05) is 30.7 Å². The molecule has 7 heteroatoms. The van der Waals surface area contributed by atoms with Gasteiger partial charge in [-0.1, -0.05) is 0 Å². The number of nitrogens with zero attached hydrogens (tertiary/aromatic N) is 2. The first-order chi connectivity index (χ1) is 9.28. The number of hydrogen-bond donors (Lipinski definition) is 0. The highest BCUT2D eigenvalue weighted by atomic mass is 32.2. The summed E-state index contributed by atoms with van der Waals surface area (Å²) in [5.74, 6) is 0.465. The summed E-state index contributed by atoms with van der Waals surface area (Å²) >= 11 is 0. The molecule has 0 aromatic heterocycles. The van der Waals surface area contributed by atoms with Gasteiger partial charge in [0.25, 0.3) is 0 Å². The highest BCUT2D eigenvalue weighted by molar-refractivity contribution is 7.91. The van der Waals surface area contributed by atoms with Gasteiger partial charge in [-0.25, -0.2) is 8.42 Å². The van der Waals surface area contributed by atoms with E-state index in [0.717, 1.165) is 0 Å². The summed E-state index contributed by atoms with van der Waals surface area (Å²) in [4.78, 5) is 16.1. The molecule has 0 aliphatic carbocycles. The lowest BCUT2D eigenvalue weighted by molar-refractivity contribution is -0.144. The Morgan fingerprint density at radius 1 is 1.40 bits per heavy atom. The third kappa shape index (κ3) is 3.71. The average Bonchev–Trinajstić information content (AvgIpc) is 2.72. The first kappa shape index (κ1) is 15.7. The van der Waals surface area contributed by atoms with Gasteiger partial charge in [-0.05, 0) is 27.3 Å². The third-order valence-electron chi connectivity index (χ3n) is 4.14. The molecule has 3 atom stereocenters. The largest absolute Gasteiger partial charge is 0.375 e. The standard InChI is InChI=1S/C13H24N2O4S/c1-10-8-19-11(2)6-15(10)13(16)7-14(3)12-4-5-20(17,18)9-12/h10-12H,4-9H2,1-3H3. The molecule has 3 unspecified atom stereocenters. The molecule has 116 valence electrons. The van der Waals surface area contributed by atoms with Gasteiger partial charge in [0.2, 0.25) is 5.91 Å². The molecule has 0 N–H and O–H groups in total. The van der Waals surface area contributed by atoms with E-state index in [1.54, 1.807) is 0 Å². The van der Waals surface area contributed by atoms with Crippen LogP contribution < -0.4 is 0 Å². The van der Waals surface area contributed by atoms with Crippen LogP contribution in [-0.4, -0.2) is 80.6 Å². The quantitative estimate of drug-likeness (QED) is 0.719. The van der Waals surface area contributed by atoms with Gasteiger partial charge in [-0.3, -0.25) is 9.69 Å². The molecular weight excluding hydrogens is 280 g/mol. The van der Waals surface area contributed by atoms with Gasteiger partial charge in [0.1, 0.15) is 0 Å². The molecule has 0 radical (unpaired) electrons. The van der Waals surface area contributed by atoms with Gasteiger partial charge in [0.05, 0.1) is 36.8 Å². The minimum absolute atomic E-state index is 0.0299. The summed E-state index contributed by atoms with van der Waals surface area (Å²) < 4.78 is 28.5. The molecular formula is C13H24N2O4S. The molecule has 0 saturated carbocycles. The van der Waals surface area contributed by atoms with Gasteiger partial charge in [0, 0.05) is 12.6 Å². The Balaban J connectivity index is 1.90. The molecule has 6 nitrogen and oxygen atoms in total. The number of carbonyl (C=O) groups is 1.